The molecule has 0 fully saturated rings. The standard InChI is InChI=1S/C23H23Cl2NO/c1-14(2)22-21(11-8-16(4)17-7-5-6-15(3)12-17)26-23(27-22)19-10-9-18(24)13-20(19)25/h5-7,9-10,12-14H,4,8,11H2,1-3H3. The van der Waals surface area contributed by atoms with Crippen molar-refractivity contribution in [2.24, 2.45) is 0 Å². The van der Waals surface area contributed by atoms with Crippen molar-refractivity contribution >= 4 is 28.8 Å². The third kappa shape index (κ3) is 4.63. The second kappa shape index (κ2) is 8.33. The van der Waals surface area contributed by atoms with Crippen LogP contribution in [-0.2, 0) is 6.42 Å². The highest BCUT2D eigenvalue weighted by atomic mass is 35.5. The van der Waals surface area contributed by atoms with Crippen molar-refractivity contribution < 1.29 is 4.42 Å². The summed E-state index contributed by atoms with van der Waals surface area (Å²) in [5.41, 5.74) is 5.22. The molecule has 0 saturated carbocycles. The van der Waals surface area contributed by atoms with Gasteiger partial charge in [-0.3, -0.25) is 0 Å². The highest BCUT2D eigenvalue weighted by Crippen LogP contribution is 2.34. The first-order valence-electron chi connectivity index (χ1n) is 9.05. The maximum Gasteiger partial charge on any atom is 0.228 e. The van der Waals surface area contributed by atoms with Gasteiger partial charge in [0.15, 0.2) is 0 Å². The van der Waals surface area contributed by atoms with Crippen molar-refractivity contribution in [3.8, 4) is 11.5 Å². The Morgan fingerprint density at radius 2 is 1.93 bits per heavy atom. The summed E-state index contributed by atoms with van der Waals surface area (Å²) in [6, 6.07) is 13.8. The van der Waals surface area contributed by atoms with Crippen LogP contribution >= 0.6 is 23.2 Å². The minimum atomic E-state index is 0.236. The van der Waals surface area contributed by atoms with Crippen molar-refractivity contribution in [1.82, 2.24) is 4.98 Å². The molecule has 2 aromatic carbocycles. The Hall–Kier alpha value is -2.03. The number of hydrogen-bond acceptors (Lipinski definition) is 2. The molecule has 0 N–H and O–H groups in total. The van der Waals surface area contributed by atoms with Crippen LogP contribution in [0.2, 0.25) is 10.0 Å². The van der Waals surface area contributed by atoms with Crippen molar-refractivity contribution in [2.45, 2.75) is 39.5 Å². The van der Waals surface area contributed by atoms with Crippen LogP contribution in [0, 0.1) is 6.92 Å². The molecule has 0 amide bonds. The molecule has 1 aromatic heterocycles. The average Bonchev–Trinajstić information content (AvgIpc) is 3.04. The second-order valence-corrected chi connectivity index (χ2v) is 7.93. The van der Waals surface area contributed by atoms with Crippen molar-refractivity contribution in [3.63, 3.8) is 0 Å². The lowest BCUT2D eigenvalue weighted by atomic mass is 9.99. The second-order valence-electron chi connectivity index (χ2n) is 7.08. The van der Waals surface area contributed by atoms with E-state index in [4.69, 9.17) is 32.6 Å². The number of aryl methyl sites for hydroxylation is 2. The highest BCUT2D eigenvalue weighted by Gasteiger charge is 2.19. The first kappa shape index (κ1) is 19.7. The molecule has 4 heteroatoms. The number of benzene rings is 2. The Kier molecular flexibility index (Phi) is 6.08. The summed E-state index contributed by atoms with van der Waals surface area (Å²) >= 11 is 12.3. The number of oxazole rings is 1. The molecule has 0 radical (unpaired) electrons. The number of rotatable bonds is 6. The molecule has 0 aliphatic heterocycles. The predicted octanol–water partition coefficient (Wildman–Crippen LogP) is 7.73. The summed E-state index contributed by atoms with van der Waals surface area (Å²) in [5, 5.41) is 1.13. The maximum absolute atomic E-state index is 6.33. The van der Waals surface area contributed by atoms with Gasteiger partial charge in [0.05, 0.1) is 16.3 Å². The molecule has 3 aromatic rings. The summed E-state index contributed by atoms with van der Waals surface area (Å²) in [6.45, 7) is 10.5. The summed E-state index contributed by atoms with van der Waals surface area (Å²) in [4.78, 5) is 4.74. The van der Waals surface area contributed by atoms with Crippen LogP contribution in [0.15, 0.2) is 53.5 Å². The third-order valence-corrected chi connectivity index (χ3v) is 5.05. The monoisotopic (exact) mass is 399 g/mol. The first-order valence-corrected chi connectivity index (χ1v) is 9.80. The molecule has 0 unspecified atom stereocenters. The summed E-state index contributed by atoms with van der Waals surface area (Å²) in [7, 11) is 0. The molecular formula is C23H23Cl2NO. The molecule has 140 valence electrons. The lowest BCUT2D eigenvalue weighted by Crippen LogP contribution is -1.95. The summed E-state index contributed by atoms with van der Waals surface area (Å²) in [5.74, 6) is 1.67. The molecule has 0 spiro atoms. The summed E-state index contributed by atoms with van der Waals surface area (Å²) < 4.78 is 6.07. The lowest BCUT2D eigenvalue weighted by molar-refractivity contribution is 0.491. The fourth-order valence-electron chi connectivity index (χ4n) is 3.05. The molecule has 0 aliphatic rings. The van der Waals surface area contributed by atoms with Gasteiger partial charge in [0.1, 0.15) is 5.76 Å². The van der Waals surface area contributed by atoms with E-state index >= 15 is 0 Å². The van der Waals surface area contributed by atoms with E-state index in [1.165, 1.54) is 11.1 Å². The molecule has 1 heterocycles. The quantitative estimate of drug-likeness (QED) is 0.423. The Morgan fingerprint density at radius 3 is 2.59 bits per heavy atom. The molecule has 0 bridgehead atoms. The van der Waals surface area contributed by atoms with Crippen LogP contribution in [0.4, 0.5) is 0 Å². The molecule has 27 heavy (non-hydrogen) atoms. The Labute approximate surface area is 170 Å². The van der Waals surface area contributed by atoms with E-state index in [2.05, 4.69) is 51.6 Å². The van der Waals surface area contributed by atoms with Crippen LogP contribution in [0.1, 0.15) is 48.8 Å². The van der Waals surface area contributed by atoms with Crippen LogP contribution in [0.3, 0.4) is 0 Å². The largest absolute Gasteiger partial charge is 0.441 e. The van der Waals surface area contributed by atoms with Gasteiger partial charge in [0.2, 0.25) is 5.89 Å². The number of hydrogen-bond donors (Lipinski definition) is 0. The SMILES string of the molecule is C=C(CCc1nc(-c2ccc(Cl)cc2Cl)oc1C(C)C)c1cccc(C)c1. The van der Waals surface area contributed by atoms with E-state index in [0.29, 0.717) is 15.9 Å². The molecule has 0 saturated heterocycles. The van der Waals surface area contributed by atoms with Gasteiger partial charge in [-0.2, -0.15) is 0 Å². The number of halogens is 2. The Morgan fingerprint density at radius 1 is 1.15 bits per heavy atom. The Bertz CT molecular complexity index is 972. The van der Waals surface area contributed by atoms with Gasteiger partial charge >= 0.3 is 0 Å². The maximum atomic E-state index is 6.33. The molecule has 2 nitrogen and oxygen atoms in total. The van der Waals surface area contributed by atoms with Gasteiger partial charge < -0.3 is 4.42 Å². The third-order valence-electron chi connectivity index (χ3n) is 4.50. The fraction of sp³-hybridized carbons (Fsp3) is 0.261. The van der Waals surface area contributed by atoms with E-state index in [0.717, 1.165) is 35.4 Å². The van der Waals surface area contributed by atoms with E-state index < -0.39 is 0 Å². The zero-order valence-corrected chi connectivity index (χ0v) is 17.4. The van der Waals surface area contributed by atoms with E-state index in [9.17, 15) is 0 Å². The van der Waals surface area contributed by atoms with Crippen molar-refractivity contribution in [3.05, 3.63) is 81.7 Å². The number of aromatic nitrogens is 1. The smallest absolute Gasteiger partial charge is 0.228 e. The number of allylic oxidation sites excluding steroid dienone is 1. The van der Waals surface area contributed by atoms with Gasteiger partial charge in [-0.25, -0.2) is 4.98 Å². The normalized spacial score (nSPS) is 11.2. The van der Waals surface area contributed by atoms with Crippen LogP contribution in [-0.4, -0.2) is 4.98 Å². The van der Waals surface area contributed by atoms with Crippen LogP contribution < -0.4 is 0 Å². The van der Waals surface area contributed by atoms with Gasteiger partial charge in [-0.1, -0.05) is 73.5 Å². The zero-order valence-electron chi connectivity index (χ0n) is 15.9. The molecule has 0 atom stereocenters. The van der Waals surface area contributed by atoms with Gasteiger partial charge in [0, 0.05) is 10.9 Å². The Balaban J connectivity index is 1.84. The van der Waals surface area contributed by atoms with Gasteiger partial charge in [0.25, 0.3) is 0 Å². The van der Waals surface area contributed by atoms with Crippen molar-refractivity contribution in [1.29, 1.82) is 0 Å². The van der Waals surface area contributed by atoms with Gasteiger partial charge in [-0.15, -0.1) is 0 Å². The summed E-state index contributed by atoms with van der Waals surface area (Å²) in [6.07, 6.45) is 1.60. The first-order chi connectivity index (χ1) is 12.8. The zero-order chi connectivity index (χ0) is 19.6. The van der Waals surface area contributed by atoms with E-state index in [-0.39, 0.29) is 5.92 Å². The lowest BCUT2D eigenvalue weighted by Gasteiger charge is -2.07. The molecule has 3 rings (SSSR count). The van der Waals surface area contributed by atoms with E-state index in [1.807, 2.05) is 6.07 Å². The minimum absolute atomic E-state index is 0.236. The fourth-order valence-corrected chi connectivity index (χ4v) is 3.54. The highest BCUT2D eigenvalue weighted by molar-refractivity contribution is 6.36. The van der Waals surface area contributed by atoms with Gasteiger partial charge in [-0.05, 0) is 49.1 Å². The number of nitrogens with zero attached hydrogens (tertiary/aromatic N) is 1. The minimum Gasteiger partial charge on any atom is -0.441 e. The predicted molar refractivity (Wildman–Crippen MR) is 115 cm³/mol. The van der Waals surface area contributed by atoms with E-state index in [1.54, 1.807) is 12.1 Å². The topological polar surface area (TPSA) is 26.0 Å². The van der Waals surface area contributed by atoms with Crippen LogP contribution in [0.25, 0.3) is 17.0 Å². The average molecular weight is 400 g/mol. The van der Waals surface area contributed by atoms with Crippen molar-refractivity contribution in [2.75, 3.05) is 0 Å². The molecular weight excluding hydrogens is 377 g/mol. The molecule has 0 aliphatic carbocycles. The van der Waals surface area contributed by atoms with Crippen LogP contribution in [0.5, 0.6) is 0 Å².